The molecular formula is C15H22O2. The maximum Gasteiger partial charge on any atom is 0.0763 e. The summed E-state index contributed by atoms with van der Waals surface area (Å²) in [5.41, 5.74) is 0.462. The molecule has 0 spiro atoms. The third-order valence-electron chi connectivity index (χ3n) is 4.25. The van der Waals surface area contributed by atoms with Gasteiger partial charge in [0, 0.05) is 18.4 Å². The second-order valence-electron chi connectivity index (χ2n) is 5.28. The SMILES string of the molecule is CC(CO)C1(O)CCCCC1c1ccccc1. The third kappa shape index (κ3) is 2.38. The number of benzene rings is 1. The fourth-order valence-corrected chi connectivity index (χ4v) is 3.07. The lowest BCUT2D eigenvalue weighted by Gasteiger charge is -2.44. The van der Waals surface area contributed by atoms with Crippen LogP contribution in [0.3, 0.4) is 0 Å². The molecule has 1 fully saturated rings. The van der Waals surface area contributed by atoms with Crippen molar-refractivity contribution in [2.75, 3.05) is 6.61 Å². The fourth-order valence-electron chi connectivity index (χ4n) is 3.07. The lowest BCUT2D eigenvalue weighted by atomic mass is 9.66. The van der Waals surface area contributed by atoms with Gasteiger partial charge in [0.15, 0.2) is 0 Å². The second kappa shape index (κ2) is 5.19. The van der Waals surface area contributed by atoms with Crippen LogP contribution in [0.4, 0.5) is 0 Å². The van der Waals surface area contributed by atoms with E-state index < -0.39 is 5.60 Å². The Kier molecular flexibility index (Phi) is 3.85. The first-order valence-electron chi connectivity index (χ1n) is 6.56. The molecule has 3 unspecified atom stereocenters. The Balaban J connectivity index is 2.29. The van der Waals surface area contributed by atoms with E-state index in [2.05, 4.69) is 12.1 Å². The minimum Gasteiger partial charge on any atom is -0.396 e. The fraction of sp³-hybridized carbons (Fsp3) is 0.600. The van der Waals surface area contributed by atoms with Gasteiger partial charge in [0.1, 0.15) is 0 Å². The van der Waals surface area contributed by atoms with E-state index >= 15 is 0 Å². The van der Waals surface area contributed by atoms with Crippen molar-refractivity contribution in [1.29, 1.82) is 0 Å². The first-order chi connectivity index (χ1) is 8.18. The summed E-state index contributed by atoms with van der Waals surface area (Å²) < 4.78 is 0. The molecule has 1 aromatic carbocycles. The van der Waals surface area contributed by atoms with Crippen molar-refractivity contribution >= 4 is 0 Å². The molecule has 0 radical (unpaired) electrons. The van der Waals surface area contributed by atoms with Crippen molar-refractivity contribution in [2.45, 2.75) is 44.1 Å². The molecule has 1 aliphatic rings. The van der Waals surface area contributed by atoms with E-state index in [1.807, 2.05) is 25.1 Å². The lowest BCUT2D eigenvalue weighted by molar-refractivity contribution is -0.0764. The van der Waals surface area contributed by atoms with Crippen LogP contribution < -0.4 is 0 Å². The van der Waals surface area contributed by atoms with Crippen molar-refractivity contribution < 1.29 is 10.2 Å². The summed E-state index contributed by atoms with van der Waals surface area (Å²) in [4.78, 5) is 0. The van der Waals surface area contributed by atoms with Gasteiger partial charge in [-0.15, -0.1) is 0 Å². The van der Waals surface area contributed by atoms with E-state index in [-0.39, 0.29) is 18.4 Å². The van der Waals surface area contributed by atoms with Crippen LogP contribution in [0, 0.1) is 5.92 Å². The molecule has 17 heavy (non-hydrogen) atoms. The highest BCUT2D eigenvalue weighted by Gasteiger charge is 2.43. The van der Waals surface area contributed by atoms with Gasteiger partial charge in [-0.05, 0) is 18.4 Å². The molecule has 1 saturated carbocycles. The van der Waals surface area contributed by atoms with E-state index in [1.165, 1.54) is 12.0 Å². The van der Waals surface area contributed by atoms with Crippen LogP contribution in [-0.2, 0) is 0 Å². The topological polar surface area (TPSA) is 40.5 Å². The van der Waals surface area contributed by atoms with Crippen molar-refractivity contribution in [2.24, 2.45) is 5.92 Å². The molecule has 1 aromatic rings. The van der Waals surface area contributed by atoms with E-state index in [4.69, 9.17) is 0 Å². The molecule has 1 aliphatic carbocycles. The van der Waals surface area contributed by atoms with Gasteiger partial charge in [-0.2, -0.15) is 0 Å². The minimum absolute atomic E-state index is 0.0554. The summed E-state index contributed by atoms with van der Waals surface area (Å²) in [5, 5.41) is 20.2. The molecule has 0 aliphatic heterocycles. The zero-order chi connectivity index (χ0) is 12.3. The highest BCUT2D eigenvalue weighted by atomic mass is 16.3. The van der Waals surface area contributed by atoms with Crippen LogP contribution in [-0.4, -0.2) is 22.4 Å². The first kappa shape index (κ1) is 12.6. The van der Waals surface area contributed by atoms with Gasteiger partial charge in [-0.1, -0.05) is 50.1 Å². The van der Waals surface area contributed by atoms with Crippen LogP contribution in [0.15, 0.2) is 30.3 Å². The Bertz CT molecular complexity index is 349. The molecule has 0 amide bonds. The van der Waals surface area contributed by atoms with Crippen LogP contribution >= 0.6 is 0 Å². The summed E-state index contributed by atoms with van der Waals surface area (Å²) in [5.74, 6) is 0.104. The average Bonchev–Trinajstić information content (AvgIpc) is 2.39. The lowest BCUT2D eigenvalue weighted by Crippen LogP contribution is -2.46. The highest BCUT2D eigenvalue weighted by Crippen LogP contribution is 2.44. The molecule has 2 heteroatoms. The zero-order valence-corrected chi connectivity index (χ0v) is 10.5. The van der Waals surface area contributed by atoms with Crippen molar-refractivity contribution in [1.82, 2.24) is 0 Å². The molecule has 0 bridgehead atoms. The van der Waals surface area contributed by atoms with E-state index in [1.54, 1.807) is 0 Å². The van der Waals surface area contributed by atoms with Crippen molar-refractivity contribution in [3.05, 3.63) is 35.9 Å². The van der Waals surface area contributed by atoms with Gasteiger partial charge >= 0.3 is 0 Å². The predicted octanol–water partition coefficient (Wildman–Crippen LogP) is 2.70. The Morgan fingerprint density at radius 3 is 2.65 bits per heavy atom. The molecule has 0 aromatic heterocycles. The van der Waals surface area contributed by atoms with Crippen molar-refractivity contribution in [3.8, 4) is 0 Å². The molecule has 2 rings (SSSR count). The molecule has 0 heterocycles. The maximum absolute atomic E-state index is 10.9. The van der Waals surface area contributed by atoms with Gasteiger partial charge < -0.3 is 10.2 Å². The largest absolute Gasteiger partial charge is 0.396 e. The van der Waals surface area contributed by atoms with Crippen LogP contribution in [0.1, 0.15) is 44.1 Å². The monoisotopic (exact) mass is 234 g/mol. The highest BCUT2D eigenvalue weighted by molar-refractivity contribution is 5.24. The maximum atomic E-state index is 10.9. The Hall–Kier alpha value is -0.860. The Morgan fingerprint density at radius 1 is 1.29 bits per heavy atom. The van der Waals surface area contributed by atoms with Gasteiger partial charge in [0.25, 0.3) is 0 Å². The zero-order valence-electron chi connectivity index (χ0n) is 10.5. The molecule has 94 valence electrons. The summed E-state index contributed by atoms with van der Waals surface area (Å²) >= 11 is 0. The summed E-state index contributed by atoms with van der Waals surface area (Å²) in [6.45, 7) is 2.00. The quantitative estimate of drug-likeness (QED) is 0.844. The number of rotatable bonds is 3. The Labute approximate surface area is 103 Å². The summed E-state index contributed by atoms with van der Waals surface area (Å²) in [6.07, 6.45) is 4.04. The third-order valence-corrected chi connectivity index (χ3v) is 4.25. The van der Waals surface area contributed by atoms with Gasteiger partial charge in [0.05, 0.1) is 5.60 Å². The van der Waals surface area contributed by atoms with E-state index in [0.29, 0.717) is 0 Å². The number of aliphatic hydroxyl groups excluding tert-OH is 1. The number of hydrogen-bond acceptors (Lipinski definition) is 2. The molecular weight excluding hydrogens is 212 g/mol. The minimum atomic E-state index is -0.742. The molecule has 2 nitrogen and oxygen atoms in total. The van der Waals surface area contributed by atoms with Crippen LogP contribution in [0.5, 0.6) is 0 Å². The van der Waals surface area contributed by atoms with Crippen LogP contribution in [0.25, 0.3) is 0 Å². The summed E-state index contributed by atoms with van der Waals surface area (Å²) in [6, 6.07) is 10.2. The summed E-state index contributed by atoms with van der Waals surface area (Å²) in [7, 11) is 0. The smallest absolute Gasteiger partial charge is 0.0763 e. The Morgan fingerprint density at radius 2 is 2.00 bits per heavy atom. The number of hydrogen-bond donors (Lipinski definition) is 2. The van der Waals surface area contributed by atoms with Gasteiger partial charge in [-0.3, -0.25) is 0 Å². The number of aliphatic hydroxyl groups is 2. The average molecular weight is 234 g/mol. The van der Waals surface area contributed by atoms with Crippen LogP contribution in [0.2, 0.25) is 0 Å². The van der Waals surface area contributed by atoms with E-state index in [0.717, 1.165) is 19.3 Å². The molecule has 3 atom stereocenters. The van der Waals surface area contributed by atoms with Crippen molar-refractivity contribution in [3.63, 3.8) is 0 Å². The predicted molar refractivity (Wildman–Crippen MR) is 68.9 cm³/mol. The second-order valence-corrected chi connectivity index (χ2v) is 5.28. The van der Waals surface area contributed by atoms with E-state index in [9.17, 15) is 10.2 Å². The van der Waals surface area contributed by atoms with Gasteiger partial charge in [-0.25, -0.2) is 0 Å². The normalized spacial score (nSPS) is 31.1. The molecule has 2 N–H and O–H groups in total. The first-order valence-corrected chi connectivity index (χ1v) is 6.56. The molecule has 0 saturated heterocycles. The van der Waals surface area contributed by atoms with Gasteiger partial charge in [0.2, 0.25) is 0 Å². The standard InChI is InChI=1S/C15H22O2/c1-12(11-16)15(17)10-6-5-9-14(15)13-7-3-2-4-8-13/h2-4,7-8,12,14,16-17H,5-6,9-11H2,1H3.